The van der Waals surface area contributed by atoms with Crippen LogP contribution in [-0.4, -0.2) is 6.61 Å². The van der Waals surface area contributed by atoms with Gasteiger partial charge < -0.3 is 4.74 Å². The Morgan fingerprint density at radius 3 is 2.22 bits per heavy atom. The normalized spacial score (nSPS) is 12.4. The number of halogens is 4. The molecule has 2 aromatic carbocycles. The van der Waals surface area contributed by atoms with Gasteiger partial charge in [-0.2, -0.15) is 13.2 Å². The lowest BCUT2D eigenvalue weighted by Crippen LogP contribution is -2.24. The third-order valence-electron chi connectivity index (χ3n) is 3.61. The summed E-state index contributed by atoms with van der Waals surface area (Å²) in [4.78, 5) is 0. The van der Waals surface area contributed by atoms with Crippen LogP contribution in [0, 0.1) is 0 Å². The molecule has 124 valence electrons. The Morgan fingerprint density at radius 1 is 0.957 bits per heavy atom. The van der Waals surface area contributed by atoms with Crippen molar-refractivity contribution < 1.29 is 17.9 Å². The van der Waals surface area contributed by atoms with E-state index in [1.54, 1.807) is 6.07 Å². The molecule has 2 aromatic rings. The quantitative estimate of drug-likeness (QED) is 0.662. The average molecular weight is 343 g/mol. The van der Waals surface area contributed by atoms with Crippen molar-refractivity contribution in [1.82, 2.24) is 0 Å². The lowest BCUT2D eigenvalue weighted by Gasteiger charge is -2.25. The SMILES string of the molecule is CC(C)(COCc1cccc(C(F)(F)F)c1)c1ccc(Cl)cc1. The third-order valence-corrected chi connectivity index (χ3v) is 3.86. The first-order valence-corrected chi connectivity index (χ1v) is 7.56. The first-order chi connectivity index (χ1) is 10.7. The van der Waals surface area contributed by atoms with E-state index < -0.39 is 11.7 Å². The molecule has 0 heterocycles. The van der Waals surface area contributed by atoms with Crippen molar-refractivity contribution >= 4 is 11.6 Å². The van der Waals surface area contributed by atoms with Crippen molar-refractivity contribution in [2.24, 2.45) is 0 Å². The molecule has 0 unspecified atom stereocenters. The Balaban J connectivity index is 1.98. The molecule has 0 spiro atoms. The lowest BCUT2D eigenvalue weighted by molar-refractivity contribution is -0.137. The van der Waals surface area contributed by atoms with Crippen molar-refractivity contribution in [3.8, 4) is 0 Å². The summed E-state index contributed by atoms with van der Waals surface area (Å²) in [5, 5.41) is 0.662. The summed E-state index contributed by atoms with van der Waals surface area (Å²) in [6.45, 7) is 4.57. The van der Waals surface area contributed by atoms with Gasteiger partial charge in [-0.05, 0) is 35.4 Å². The fourth-order valence-corrected chi connectivity index (χ4v) is 2.37. The van der Waals surface area contributed by atoms with E-state index in [9.17, 15) is 13.2 Å². The Kier molecular flexibility index (Phi) is 5.37. The van der Waals surface area contributed by atoms with E-state index in [4.69, 9.17) is 16.3 Å². The van der Waals surface area contributed by atoms with Crippen LogP contribution in [-0.2, 0) is 22.9 Å². The molecule has 0 aliphatic rings. The van der Waals surface area contributed by atoms with Gasteiger partial charge in [-0.25, -0.2) is 0 Å². The molecule has 0 aliphatic carbocycles. The maximum absolute atomic E-state index is 12.7. The fourth-order valence-electron chi connectivity index (χ4n) is 2.25. The number of ether oxygens (including phenoxy) is 1. The zero-order valence-electron chi connectivity index (χ0n) is 13.0. The second-order valence-corrected chi connectivity index (χ2v) is 6.52. The summed E-state index contributed by atoms with van der Waals surface area (Å²) in [6.07, 6.45) is -4.33. The third kappa shape index (κ3) is 4.98. The average Bonchev–Trinajstić information content (AvgIpc) is 2.47. The summed E-state index contributed by atoms with van der Waals surface area (Å²) in [6, 6.07) is 12.7. The van der Waals surface area contributed by atoms with Crippen LogP contribution < -0.4 is 0 Å². The number of alkyl halides is 3. The minimum atomic E-state index is -4.33. The van der Waals surface area contributed by atoms with Gasteiger partial charge in [0.05, 0.1) is 18.8 Å². The highest BCUT2D eigenvalue weighted by Gasteiger charge is 2.30. The molecule has 0 N–H and O–H groups in total. The Bertz CT molecular complexity index is 648. The summed E-state index contributed by atoms with van der Waals surface area (Å²) >= 11 is 5.87. The van der Waals surface area contributed by atoms with E-state index >= 15 is 0 Å². The Hall–Kier alpha value is -1.52. The van der Waals surface area contributed by atoms with Gasteiger partial charge in [0.1, 0.15) is 0 Å². The van der Waals surface area contributed by atoms with Gasteiger partial charge in [-0.15, -0.1) is 0 Å². The van der Waals surface area contributed by atoms with Gasteiger partial charge in [0.15, 0.2) is 0 Å². The summed E-state index contributed by atoms with van der Waals surface area (Å²) in [7, 11) is 0. The van der Waals surface area contributed by atoms with Crippen LogP contribution in [0.15, 0.2) is 48.5 Å². The molecule has 23 heavy (non-hydrogen) atoms. The second kappa shape index (κ2) is 6.93. The van der Waals surface area contributed by atoms with Gasteiger partial charge in [0.25, 0.3) is 0 Å². The maximum Gasteiger partial charge on any atom is 0.416 e. The number of hydrogen-bond donors (Lipinski definition) is 0. The standard InChI is InChI=1S/C18H18ClF3O/c1-17(2,14-6-8-16(19)9-7-14)12-23-11-13-4-3-5-15(10-13)18(20,21)22/h3-10H,11-12H2,1-2H3. The highest BCUT2D eigenvalue weighted by Crippen LogP contribution is 2.30. The van der Waals surface area contributed by atoms with Crippen LogP contribution in [0.4, 0.5) is 13.2 Å². The molecule has 2 rings (SSSR count). The molecule has 0 fully saturated rings. The molecule has 0 saturated heterocycles. The fraction of sp³-hybridized carbons (Fsp3) is 0.333. The van der Waals surface area contributed by atoms with Gasteiger partial charge >= 0.3 is 6.18 Å². The van der Waals surface area contributed by atoms with Crippen molar-refractivity contribution in [3.63, 3.8) is 0 Å². The summed E-state index contributed by atoms with van der Waals surface area (Å²) in [5.74, 6) is 0. The Morgan fingerprint density at radius 2 is 1.61 bits per heavy atom. The van der Waals surface area contributed by atoms with Crippen molar-refractivity contribution in [3.05, 3.63) is 70.2 Å². The first-order valence-electron chi connectivity index (χ1n) is 7.18. The second-order valence-electron chi connectivity index (χ2n) is 6.08. The zero-order chi connectivity index (χ0) is 17.1. The molecule has 1 nitrogen and oxygen atoms in total. The van der Waals surface area contributed by atoms with Gasteiger partial charge in [-0.1, -0.05) is 49.7 Å². The van der Waals surface area contributed by atoms with Crippen LogP contribution in [0.2, 0.25) is 5.02 Å². The molecule has 0 aromatic heterocycles. The molecular weight excluding hydrogens is 325 g/mol. The zero-order valence-corrected chi connectivity index (χ0v) is 13.7. The molecule has 5 heteroatoms. The molecule has 0 amide bonds. The topological polar surface area (TPSA) is 9.23 Å². The van der Waals surface area contributed by atoms with E-state index in [2.05, 4.69) is 0 Å². The minimum Gasteiger partial charge on any atom is -0.376 e. The van der Waals surface area contributed by atoms with Gasteiger partial charge in [0.2, 0.25) is 0 Å². The smallest absolute Gasteiger partial charge is 0.376 e. The van der Waals surface area contributed by atoms with Crippen LogP contribution in [0.25, 0.3) is 0 Å². The summed E-state index contributed by atoms with van der Waals surface area (Å²) < 4.78 is 43.7. The van der Waals surface area contributed by atoms with Crippen LogP contribution >= 0.6 is 11.6 Å². The summed E-state index contributed by atoms with van der Waals surface area (Å²) in [5.41, 5.74) is 0.653. The van der Waals surface area contributed by atoms with Gasteiger partial charge in [-0.3, -0.25) is 0 Å². The molecule has 0 aliphatic heterocycles. The first kappa shape index (κ1) is 17.8. The van der Waals surface area contributed by atoms with E-state index in [-0.39, 0.29) is 12.0 Å². The van der Waals surface area contributed by atoms with Crippen molar-refractivity contribution in [2.75, 3.05) is 6.61 Å². The van der Waals surface area contributed by atoms with E-state index in [1.165, 1.54) is 6.07 Å². The van der Waals surface area contributed by atoms with E-state index in [0.717, 1.165) is 17.7 Å². The number of rotatable bonds is 5. The number of benzene rings is 2. The molecule has 0 saturated carbocycles. The van der Waals surface area contributed by atoms with Crippen LogP contribution in [0.1, 0.15) is 30.5 Å². The van der Waals surface area contributed by atoms with Crippen molar-refractivity contribution in [1.29, 1.82) is 0 Å². The Labute approximate surface area is 139 Å². The number of hydrogen-bond acceptors (Lipinski definition) is 1. The molecular formula is C18H18ClF3O. The maximum atomic E-state index is 12.7. The highest BCUT2D eigenvalue weighted by molar-refractivity contribution is 6.30. The largest absolute Gasteiger partial charge is 0.416 e. The van der Waals surface area contributed by atoms with E-state index in [0.29, 0.717) is 17.2 Å². The molecule has 0 bridgehead atoms. The van der Waals surface area contributed by atoms with Crippen LogP contribution in [0.5, 0.6) is 0 Å². The lowest BCUT2D eigenvalue weighted by atomic mass is 9.86. The van der Waals surface area contributed by atoms with Crippen molar-refractivity contribution in [2.45, 2.75) is 32.0 Å². The predicted molar refractivity (Wildman–Crippen MR) is 85.6 cm³/mol. The minimum absolute atomic E-state index is 0.140. The monoisotopic (exact) mass is 342 g/mol. The van der Waals surface area contributed by atoms with E-state index in [1.807, 2.05) is 38.1 Å². The predicted octanol–water partition coefficient (Wildman–Crippen LogP) is 5.85. The van der Waals surface area contributed by atoms with Crippen LogP contribution in [0.3, 0.4) is 0 Å². The highest BCUT2D eigenvalue weighted by atomic mass is 35.5. The molecule has 0 radical (unpaired) electrons. The van der Waals surface area contributed by atoms with Gasteiger partial charge in [0, 0.05) is 10.4 Å². The molecule has 0 atom stereocenters.